The Morgan fingerprint density at radius 1 is 0.931 bits per heavy atom. The molecule has 1 N–H and O–H groups in total. The highest BCUT2D eigenvalue weighted by Gasteiger charge is 2.54. The summed E-state index contributed by atoms with van der Waals surface area (Å²) in [4.78, 5) is 24.2. The van der Waals surface area contributed by atoms with Crippen molar-refractivity contribution in [2.24, 2.45) is 17.8 Å². The van der Waals surface area contributed by atoms with Crippen molar-refractivity contribution in [1.82, 2.24) is 0 Å². The molecule has 2 fully saturated rings. The minimum absolute atomic E-state index is 0.111. The Kier molecular flexibility index (Phi) is 4.34. The average molecular weight is 391 g/mol. The van der Waals surface area contributed by atoms with Crippen molar-refractivity contribution in [3.05, 3.63) is 64.7 Å². The van der Waals surface area contributed by atoms with E-state index in [1.165, 1.54) is 39.0 Å². The van der Waals surface area contributed by atoms with Crippen LogP contribution in [0.1, 0.15) is 63.1 Å². The molecule has 1 aliphatic heterocycles. The average Bonchev–Trinajstić information content (AvgIpc) is 3.40. The number of rotatable bonds is 3. The van der Waals surface area contributed by atoms with Crippen molar-refractivity contribution in [2.75, 3.05) is 19.5 Å². The molecule has 2 aromatic rings. The number of ether oxygens (including phenoxy) is 2. The summed E-state index contributed by atoms with van der Waals surface area (Å²) in [6, 6.07) is 13.8. The first-order chi connectivity index (χ1) is 14.1. The molecule has 5 atom stereocenters. The van der Waals surface area contributed by atoms with Gasteiger partial charge in [-0.2, -0.15) is 0 Å². The van der Waals surface area contributed by atoms with Gasteiger partial charge in [-0.1, -0.05) is 24.3 Å². The molecule has 2 bridgehead atoms. The molecule has 0 radical (unpaired) electrons. The third-order valence-corrected chi connectivity index (χ3v) is 7.22. The minimum atomic E-state index is -0.329. The number of nitrogens with one attached hydrogen (secondary N) is 1. The molecule has 5 rings (SSSR count). The summed E-state index contributed by atoms with van der Waals surface area (Å²) in [7, 11) is 2.82. The SMILES string of the molecule is COC(=O)c1ccc([C@@H]2Nc3c(C(=O)OC)cccc3[C@@H]3[C@H]4CC[C@@H](C4)[C@H]32)cc1. The topological polar surface area (TPSA) is 64.6 Å². The van der Waals surface area contributed by atoms with Crippen molar-refractivity contribution < 1.29 is 19.1 Å². The lowest BCUT2D eigenvalue weighted by molar-refractivity contribution is 0.0591. The maximum atomic E-state index is 12.4. The molecule has 29 heavy (non-hydrogen) atoms. The monoisotopic (exact) mass is 391 g/mol. The molecule has 5 nitrogen and oxygen atoms in total. The molecule has 2 aromatic carbocycles. The molecule has 0 unspecified atom stereocenters. The highest BCUT2D eigenvalue weighted by atomic mass is 16.5. The molecule has 0 aromatic heterocycles. The van der Waals surface area contributed by atoms with Gasteiger partial charge in [0.25, 0.3) is 0 Å². The minimum Gasteiger partial charge on any atom is -0.465 e. The first-order valence-corrected chi connectivity index (χ1v) is 10.3. The highest BCUT2D eigenvalue weighted by molar-refractivity contribution is 5.97. The standard InChI is InChI=1S/C24H25NO4/c1-28-23(26)14-8-6-13(7-9-14)21-20-16-11-10-15(12-16)19(20)17-4-3-5-18(22(17)25-21)24(27)29-2/h3-9,15-16,19-21,25H,10-12H2,1-2H3/t15-,16-,19-,20+,21-/m0/s1. The Morgan fingerprint density at radius 3 is 2.38 bits per heavy atom. The Labute approximate surface area is 170 Å². The quantitative estimate of drug-likeness (QED) is 0.778. The zero-order valence-corrected chi connectivity index (χ0v) is 16.7. The van der Waals surface area contributed by atoms with Crippen LogP contribution < -0.4 is 5.32 Å². The van der Waals surface area contributed by atoms with Crippen LogP contribution in [0.2, 0.25) is 0 Å². The van der Waals surface area contributed by atoms with Crippen LogP contribution in [0.4, 0.5) is 5.69 Å². The number of methoxy groups -OCH3 is 2. The second kappa shape index (κ2) is 6.90. The number of esters is 2. The third-order valence-electron chi connectivity index (χ3n) is 7.22. The first kappa shape index (κ1) is 18.2. The van der Waals surface area contributed by atoms with E-state index in [1.54, 1.807) is 0 Å². The lowest BCUT2D eigenvalue weighted by Crippen LogP contribution is -2.36. The van der Waals surface area contributed by atoms with Gasteiger partial charge in [-0.15, -0.1) is 0 Å². The fourth-order valence-electron chi connectivity index (χ4n) is 6.07. The van der Waals surface area contributed by atoms with Gasteiger partial charge < -0.3 is 14.8 Å². The van der Waals surface area contributed by atoms with E-state index in [4.69, 9.17) is 9.47 Å². The van der Waals surface area contributed by atoms with E-state index in [-0.39, 0.29) is 18.0 Å². The Balaban J connectivity index is 1.59. The van der Waals surface area contributed by atoms with Gasteiger partial charge in [0.15, 0.2) is 0 Å². The number of anilines is 1. The van der Waals surface area contributed by atoms with Gasteiger partial charge in [0, 0.05) is 0 Å². The molecule has 150 valence electrons. The van der Waals surface area contributed by atoms with E-state index >= 15 is 0 Å². The van der Waals surface area contributed by atoms with Crippen LogP contribution in [-0.2, 0) is 9.47 Å². The Hall–Kier alpha value is -2.82. The van der Waals surface area contributed by atoms with Gasteiger partial charge in [-0.25, -0.2) is 9.59 Å². The van der Waals surface area contributed by atoms with Gasteiger partial charge in [-0.05, 0) is 72.3 Å². The van der Waals surface area contributed by atoms with Gasteiger partial charge in [-0.3, -0.25) is 0 Å². The van der Waals surface area contributed by atoms with Gasteiger partial charge in [0.1, 0.15) is 0 Å². The smallest absolute Gasteiger partial charge is 0.339 e. The maximum absolute atomic E-state index is 12.4. The highest BCUT2D eigenvalue weighted by Crippen LogP contribution is 2.64. The van der Waals surface area contributed by atoms with Crippen molar-refractivity contribution in [2.45, 2.75) is 31.2 Å². The van der Waals surface area contributed by atoms with Crippen LogP contribution in [0.5, 0.6) is 0 Å². The summed E-state index contributed by atoms with van der Waals surface area (Å²) in [6.45, 7) is 0. The molecule has 1 heterocycles. The summed E-state index contributed by atoms with van der Waals surface area (Å²) in [5.74, 6) is 1.69. The number of carbonyl (C=O) groups excluding carboxylic acids is 2. The van der Waals surface area contributed by atoms with Crippen LogP contribution in [0.3, 0.4) is 0 Å². The largest absolute Gasteiger partial charge is 0.465 e. The van der Waals surface area contributed by atoms with Crippen molar-refractivity contribution in [1.29, 1.82) is 0 Å². The van der Waals surface area contributed by atoms with Crippen molar-refractivity contribution in [3.8, 4) is 0 Å². The maximum Gasteiger partial charge on any atom is 0.339 e. The molecule has 2 aliphatic carbocycles. The zero-order valence-electron chi connectivity index (χ0n) is 16.7. The molecule has 0 amide bonds. The second-order valence-electron chi connectivity index (χ2n) is 8.43. The van der Waals surface area contributed by atoms with Crippen molar-refractivity contribution >= 4 is 17.6 Å². The number of para-hydroxylation sites is 1. The zero-order chi connectivity index (χ0) is 20.1. The molecule has 0 spiro atoms. The number of fused-ring (bicyclic) bond motifs is 7. The fourth-order valence-corrected chi connectivity index (χ4v) is 6.07. The second-order valence-corrected chi connectivity index (χ2v) is 8.43. The Bertz CT molecular complexity index is 967. The molecular formula is C24H25NO4. The summed E-state index contributed by atoms with van der Waals surface area (Å²) >= 11 is 0. The van der Waals surface area contributed by atoms with E-state index in [1.807, 2.05) is 36.4 Å². The number of hydrogen-bond acceptors (Lipinski definition) is 5. The number of carbonyl (C=O) groups is 2. The predicted octanol–water partition coefficient (Wildman–Crippen LogP) is 4.56. The van der Waals surface area contributed by atoms with E-state index in [0.717, 1.165) is 11.3 Å². The van der Waals surface area contributed by atoms with E-state index < -0.39 is 0 Å². The molecule has 2 saturated carbocycles. The first-order valence-electron chi connectivity index (χ1n) is 10.3. The molecular weight excluding hydrogens is 366 g/mol. The van der Waals surface area contributed by atoms with E-state index in [2.05, 4.69) is 11.4 Å². The van der Waals surface area contributed by atoms with Crippen LogP contribution in [-0.4, -0.2) is 26.2 Å². The van der Waals surface area contributed by atoms with Crippen LogP contribution in [0, 0.1) is 17.8 Å². The van der Waals surface area contributed by atoms with Crippen LogP contribution in [0.15, 0.2) is 42.5 Å². The number of benzene rings is 2. The summed E-state index contributed by atoms with van der Waals surface area (Å²) < 4.78 is 9.87. The normalized spacial score (nSPS) is 28.8. The molecule has 0 saturated heterocycles. The summed E-state index contributed by atoms with van der Waals surface area (Å²) in [5.41, 5.74) is 4.46. The predicted molar refractivity (Wildman–Crippen MR) is 109 cm³/mol. The lowest BCUT2D eigenvalue weighted by Gasteiger charge is -2.44. The Morgan fingerprint density at radius 2 is 1.66 bits per heavy atom. The fraction of sp³-hybridized carbons (Fsp3) is 0.417. The summed E-state index contributed by atoms with van der Waals surface area (Å²) in [5, 5.41) is 3.70. The van der Waals surface area contributed by atoms with E-state index in [9.17, 15) is 9.59 Å². The lowest BCUT2D eigenvalue weighted by atomic mass is 9.67. The number of hydrogen-bond donors (Lipinski definition) is 1. The summed E-state index contributed by atoms with van der Waals surface area (Å²) in [6.07, 6.45) is 3.80. The van der Waals surface area contributed by atoms with Crippen LogP contribution >= 0.6 is 0 Å². The van der Waals surface area contributed by atoms with Gasteiger partial charge in [0.2, 0.25) is 0 Å². The van der Waals surface area contributed by atoms with Crippen LogP contribution in [0.25, 0.3) is 0 Å². The van der Waals surface area contributed by atoms with Gasteiger partial charge >= 0.3 is 11.9 Å². The van der Waals surface area contributed by atoms with Gasteiger partial charge in [0.05, 0.1) is 37.1 Å². The molecule has 3 aliphatic rings. The third kappa shape index (κ3) is 2.75. The molecule has 5 heteroatoms. The van der Waals surface area contributed by atoms with Crippen molar-refractivity contribution in [3.63, 3.8) is 0 Å². The van der Waals surface area contributed by atoms with E-state index in [0.29, 0.717) is 34.8 Å².